The van der Waals surface area contributed by atoms with Crippen molar-refractivity contribution >= 4 is 61.1 Å². The topological polar surface area (TPSA) is 83.6 Å². The van der Waals surface area contributed by atoms with Crippen LogP contribution < -0.4 is 10.9 Å². The van der Waals surface area contributed by atoms with Gasteiger partial charge >= 0.3 is 0 Å². The molecule has 0 spiro atoms. The Hall–Kier alpha value is -1.75. The van der Waals surface area contributed by atoms with Gasteiger partial charge in [0.25, 0.3) is 5.56 Å². The molecule has 2 N–H and O–H groups in total. The van der Waals surface area contributed by atoms with Gasteiger partial charge in [0.2, 0.25) is 5.13 Å². The number of aromatic amines is 1. The van der Waals surface area contributed by atoms with E-state index >= 15 is 0 Å². The summed E-state index contributed by atoms with van der Waals surface area (Å²) in [5.41, 5.74) is 1.22. The van der Waals surface area contributed by atoms with Gasteiger partial charge in [0.1, 0.15) is 10.7 Å². The Balaban J connectivity index is 1.27. The lowest BCUT2D eigenvalue weighted by molar-refractivity contribution is 0.509. The number of anilines is 1. The number of nitrogens with one attached hydrogen (secondary N) is 2. The van der Waals surface area contributed by atoms with E-state index < -0.39 is 0 Å². The molecular formula is C21H23N5OS4. The monoisotopic (exact) mass is 489 g/mol. The molecule has 1 aliphatic rings. The predicted molar refractivity (Wildman–Crippen MR) is 132 cm³/mol. The quantitative estimate of drug-likeness (QED) is 0.332. The number of thioether (sulfide) groups is 1. The normalized spacial score (nSPS) is 17.0. The number of thiophene rings is 2. The van der Waals surface area contributed by atoms with E-state index in [1.54, 1.807) is 34.4 Å². The number of H-pyrrole nitrogens is 1. The van der Waals surface area contributed by atoms with Gasteiger partial charge < -0.3 is 10.3 Å². The summed E-state index contributed by atoms with van der Waals surface area (Å²) >= 11 is 6.58. The minimum Gasteiger partial charge on any atom is -0.360 e. The summed E-state index contributed by atoms with van der Waals surface area (Å²) in [7, 11) is 0. The van der Waals surface area contributed by atoms with E-state index in [1.807, 2.05) is 0 Å². The maximum Gasteiger partial charge on any atom is 0.259 e. The van der Waals surface area contributed by atoms with E-state index in [0.717, 1.165) is 51.9 Å². The Labute approximate surface area is 196 Å². The van der Waals surface area contributed by atoms with Gasteiger partial charge in [-0.3, -0.25) is 4.79 Å². The number of nitrogens with zero attached hydrogens (tertiary/aromatic N) is 3. The number of fused-ring (bicyclic) bond motifs is 3. The molecule has 0 radical (unpaired) electrons. The third kappa shape index (κ3) is 4.57. The fourth-order valence-corrected chi connectivity index (χ4v) is 7.92. The van der Waals surface area contributed by atoms with Crippen molar-refractivity contribution in [2.45, 2.75) is 49.1 Å². The first-order chi connectivity index (χ1) is 15.1. The second-order valence-electron chi connectivity index (χ2n) is 7.87. The van der Waals surface area contributed by atoms with Gasteiger partial charge in [0.05, 0.1) is 10.6 Å². The molecule has 0 aromatic carbocycles. The van der Waals surface area contributed by atoms with E-state index in [-0.39, 0.29) is 10.8 Å². The second-order valence-corrected chi connectivity index (χ2v) is 12.6. The number of hydrogen-bond acceptors (Lipinski definition) is 9. The van der Waals surface area contributed by atoms with Crippen molar-refractivity contribution in [2.24, 2.45) is 5.92 Å². The van der Waals surface area contributed by atoms with Gasteiger partial charge in [-0.15, -0.1) is 32.9 Å². The molecule has 31 heavy (non-hydrogen) atoms. The maximum atomic E-state index is 12.9. The molecule has 0 amide bonds. The van der Waals surface area contributed by atoms with E-state index in [0.29, 0.717) is 11.7 Å². The first kappa shape index (κ1) is 21.1. The molecule has 0 saturated carbocycles. The molecule has 0 aliphatic heterocycles. The smallest absolute Gasteiger partial charge is 0.259 e. The first-order valence-electron chi connectivity index (χ1n) is 10.4. The number of rotatable bonds is 7. The van der Waals surface area contributed by atoms with Gasteiger partial charge in [-0.25, -0.2) is 4.98 Å². The van der Waals surface area contributed by atoms with Crippen LogP contribution in [0.3, 0.4) is 0 Å². The molecule has 162 valence electrons. The van der Waals surface area contributed by atoms with E-state index in [2.05, 4.69) is 51.9 Å². The first-order valence-corrected chi connectivity index (χ1v) is 13.8. The third-order valence-electron chi connectivity index (χ3n) is 5.48. The van der Waals surface area contributed by atoms with Crippen LogP contribution in [-0.2, 0) is 19.3 Å². The van der Waals surface area contributed by atoms with E-state index in [1.165, 1.54) is 26.7 Å². The highest BCUT2D eigenvalue weighted by molar-refractivity contribution is 8.01. The standard InChI is InChI=1S/C21H23N5OS4/c1-11-5-6-14-15(10-11)30-19-16(14)18(27)23-17(24-19)12(2)29-21-26-25-20(31-21)22-8-7-13-4-3-9-28-13/h3-4,9,11-12H,5-8,10H2,1-2H3,(H,22,25)(H,23,24,27)/t11-,12+/m1/s1. The predicted octanol–water partition coefficient (Wildman–Crippen LogP) is 5.53. The Morgan fingerprint density at radius 3 is 3.10 bits per heavy atom. The summed E-state index contributed by atoms with van der Waals surface area (Å²) in [6.07, 6.45) is 4.17. The largest absolute Gasteiger partial charge is 0.360 e. The highest BCUT2D eigenvalue weighted by Gasteiger charge is 2.24. The van der Waals surface area contributed by atoms with Crippen LogP contribution >= 0.6 is 45.8 Å². The molecule has 5 rings (SSSR count). The molecule has 4 aromatic heterocycles. The molecule has 6 nitrogen and oxygen atoms in total. The van der Waals surface area contributed by atoms with Gasteiger partial charge in [-0.05, 0) is 55.5 Å². The summed E-state index contributed by atoms with van der Waals surface area (Å²) in [5, 5.41) is 15.6. The Kier molecular flexibility index (Phi) is 6.14. The summed E-state index contributed by atoms with van der Waals surface area (Å²) in [5.74, 6) is 1.38. The molecule has 0 fully saturated rings. The summed E-state index contributed by atoms with van der Waals surface area (Å²) < 4.78 is 0.869. The van der Waals surface area contributed by atoms with E-state index in [4.69, 9.17) is 4.98 Å². The molecule has 1 aliphatic carbocycles. The van der Waals surface area contributed by atoms with Crippen molar-refractivity contribution in [1.82, 2.24) is 20.2 Å². The SMILES string of the molecule is C[C@@H]1CCc2c(sc3nc([C@H](C)Sc4nnc(NCCc5cccs5)s4)[nH]c(=O)c23)C1. The number of hydrogen-bond donors (Lipinski definition) is 2. The van der Waals surface area contributed by atoms with Crippen LogP contribution in [0, 0.1) is 5.92 Å². The Bertz CT molecular complexity index is 1240. The fourth-order valence-electron chi connectivity index (χ4n) is 3.84. The van der Waals surface area contributed by atoms with Crippen LogP contribution in [0.2, 0.25) is 0 Å². The van der Waals surface area contributed by atoms with E-state index in [9.17, 15) is 4.79 Å². The van der Waals surface area contributed by atoms with Crippen LogP contribution in [-0.4, -0.2) is 26.7 Å². The van der Waals surface area contributed by atoms with Gasteiger partial charge in [-0.1, -0.05) is 36.1 Å². The molecule has 0 bridgehead atoms. The maximum absolute atomic E-state index is 12.9. The van der Waals surface area contributed by atoms with Crippen molar-refractivity contribution in [3.63, 3.8) is 0 Å². The minimum absolute atomic E-state index is 0.00676. The molecule has 4 heterocycles. The minimum atomic E-state index is -0.0120. The average molecular weight is 490 g/mol. The number of aryl methyl sites for hydroxylation is 1. The summed E-state index contributed by atoms with van der Waals surface area (Å²) in [4.78, 5) is 24.3. The second kappa shape index (κ2) is 9.01. The Morgan fingerprint density at radius 2 is 2.26 bits per heavy atom. The van der Waals surface area contributed by atoms with Crippen LogP contribution in [0.4, 0.5) is 5.13 Å². The summed E-state index contributed by atoms with van der Waals surface area (Å²) in [6.45, 7) is 5.17. The molecule has 2 atom stereocenters. The molecule has 10 heteroatoms. The van der Waals surface area contributed by atoms with Gasteiger partial charge in [0, 0.05) is 16.3 Å². The molecule has 4 aromatic rings. The highest BCUT2D eigenvalue weighted by atomic mass is 32.2. The lowest BCUT2D eigenvalue weighted by Crippen LogP contribution is -2.15. The zero-order valence-corrected chi connectivity index (χ0v) is 20.6. The molecule has 0 saturated heterocycles. The van der Waals surface area contributed by atoms with Crippen molar-refractivity contribution in [2.75, 3.05) is 11.9 Å². The van der Waals surface area contributed by atoms with Gasteiger partial charge in [0.15, 0.2) is 4.34 Å². The lowest BCUT2D eigenvalue weighted by Gasteiger charge is -2.17. The van der Waals surface area contributed by atoms with Gasteiger partial charge in [-0.2, -0.15) is 0 Å². The molecular weight excluding hydrogens is 467 g/mol. The third-order valence-corrected chi connectivity index (χ3v) is 9.64. The average Bonchev–Trinajstić information content (AvgIpc) is 3.47. The fraction of sp³-hybridized carbons (Fsp3) is 0.429. The van der Waals surface area contributed by atoms with Crippen LogP contribution in [0.5, 0.6) is 0 Å². The van der Waals surface area contributed by atoms with Crippen LogP contribution in [0.15, 0.2) is 26.6 Å². The van der Waals surface area contributed by atoms with Crippen molar-refractivity contribution < 1.29 is 0 Å². The van der Waals surface area contributed by atoms with Crippen molar-refractivity contribution in [3.8, 4) is 0 Å². The number of aromatic nitrogens is 4. The van der Waals surface area contributed by atoms with Crippen molar-refractivity contribution in [1.29, 1.82) is 0 Å². The highest BCUT2D eigenvalue weighted by Crippen LogP contribution is 2.39. The molecule has 0 unspecified atom stereocenters. The van der Waals surface area contributed by atoms with Crippen LogP contribution in [0.25, 0.3) is 10.2 Å². The van der Waals surface area contributed by atoms with Crippen molar-refractivity contribution in [3.05, 3.63) is 49.0 Å². The summed E-state index contributed by atoms with van der Waals surface area (Å²) in [6, 6.07) is 4.22. The zero-order chi connectivity index (χ0) is 21.4. The Morgan fingerprint density at radius 1 is 1.35 bits per heavy atom. The zero-order valence-electron chi connectivity index (χ0n) is 17.3. The van der Waals surface area contributed by atoms with Crippen LogP contribution in [0.1, 0.15) is 46.7 Å². The lowest BCUT2D eigenvalue weighted by atomic mass is 9.89.